The van der Waals surface area contributed by atoms with Crippen LogP contribution in [0.5, 0.6) is 0 Å². The summed E-state index contributed by atoms with van der Waals surface area (Å²) in [5.74, 6) is 1.22. The van der Waals surface area contributed by atoms with E-state index in [1.54, 1.807) is 0 Å². The molecule has 4 nitrogen and oxygen atoms in total. The summed E-state index contributed by atoms with van der Waals surface area (Å²) in [5.41, 5.74) is 1.29. The van der Waals surface area contributed by atoms with Gasteiger partial charge in [0.15, 0.2) is 0 Å². The Hall–Kier alpha value is -1.39. The number of amides is 1. The van der Waals surface area contributed by atoms with Crippen LogP contribution in [0.3, 0.4) is 0 Å². The van der Waals surface area contributed by atoms with E-state index in [1.807, 2.05) is 6.07 Å². The van der Waals surface area contributed by atoms with Gasteiger partial charge < -0.3 is 14.4 Å². The fourth-order valence-electron chi connectivity index (χ4n) is 4.11. The number of benzene rings is 1. The number of carbonyl (C=O) groups excluding carboxylic acids is 1. The molecule has 0 spiro atoms. The Morgan fingerprint density at radius 3 is 2.56 bits per heavy atom. The minimum atomic E-state index is 0.134. The number of likely N-dealkylation sites (tertiary alicyclic amines) is 1. The third-order valence-corrected chi connectivity index (χ3v) is 5.87. The Morgan fingerprint density at radius 2 is 1.84 bits per heavy atom. The average molecular weight is 343 g/mol. The molecule has 4 heteroatoms. The largest absolute Gasteiger partial charge is 0.381 e. The fraction of sp³-hybridized carbons (Fsp3) is 0.667. The van der Waals surface area contributed by atoms with E-state index in [2.05, 4.69) is 29.2 Å². The monoisotopic (exact) mass is 343 g/mol. The van der Waals surface area contributed by atoms with Gasteiger partial charge in [-0.1, -0.05) is 30.3 Å². The minimum absolute atomic E-state index is 0.134. The molecule has 1 amide bonds. The van der Waals surface area contributed by atoms with E-state index in [9.17, 15) is 4.79 Å². The minimum Gasteiger partial charge on any atom is -0.381 e. The van der Waals surface area contributed by atoms with Crippen LogP contribution in [0.4, 0.5) is 0 Å². The molecule has 136 valence electrons. The van der Waals surface area contributed by atoms with Crippen molar-refractivity contribution in [1.82, 2.24) is 4.90 Å². The van der Waals surface area contributed by atoms with E-state index in [0.29, 0.717) is 5.91 Å². The number of rotatable bonds is 6. The van der Waals surface area contributed by atoms with E-state index in [-0.39, 0.29) is 18.1 Å². The fourth-order valence-corrected chi connectivity index (χ4v) is 4.11. The first kappa shape index (κ1) is 17.0. The third-order valence-electron chi connectivity index (χ3n) is 5.87. The highest BCUT2D eigenvalue weighted by atomic mass is 16.5. The van der Waals surface area contributed by atoms with Crippen LogP contribution in [0.15, 0.2) is 30.3 Å². The van der Waals surface area contributed by atoms with E-state index < -0.39 is 0 Å². The van der Waals surface area contributed by atoms with Crippen LogP contribution in [0, 0.1) is 11.8 Å². The Kier molecular flexibility index (Phi) is 5.37. The molecule has 1 aromatic rings. The smallest absolute Gasteiger partial charge is 0.226 e. The Balaban J connectivity index is 1.46. The van der Waals surface area contributed by atoms with Crippen LogP contribution >= 0.6 is 0 Å². The van der Waals surface area contributed by atoms with E-state index >= 15 is 0 Å². The molecule has 1 aliphatic carbocycles. The molecule has 2 atom stereocenters. The van der Waals surface area contributed by atoms with Gasteiger partial charge in [-0.25, -0.2) is 0 Å². The van der Waals surface area contributed by atoms with Gasteiger partial charge in [0.25, 0.3) is 0 Å². The van der Waals surface area contributed by atoms with E-state index in [0.717, 1.165) is 58.0 Å². The van der Waals surface area contributed by atoms with Crippen molar-refractivity contribution >= 4 is 5.91 Å². The second-order valence-electron chi connectivity index (χ2n) is 7.78. The molecule has 3 fully saturated rings. The molecule has 0 bridgehead atoms. The van der Waals surface area contributed by atoms with Gasteiger partial charge in [0.2, 0.25) is 5.91 Å². The zero-order chi connectivity index (χ0) is 17.1. The normalized spacial score (nSPS) is 27.6. The highest BCUT2D eigenvalue weighted by molar-refractivity contribution is 5.79. The number of hydrogen-bond acceptors (Lipinski definition) is 3. The van der Waals surface area contributed by atoms with Gasteiger partial charge in [0.1, 0.15) is 0 Å². The average Bonchev–Trinajstić information content (AvgIpc) is 3.42. The van der Waals surface area contributed by atoms with Crippen LogP contribution in [0.2, 0.25) is 0 Å². The molecule has 0 unspecified atom stereocenters. The summed E-state index contributed by atoms with van der Waals surface area (Å²) in [6.07, 6.45) is 6.39. The maximum Gasteiger partial charge on any atom is 0.226 e. The molecule has 0 radical (unpaired) electrons. The van der Waals surface area contributed by atoms with Crippen molar-refractivity contribution in [3.8, 4) is 0 Å². The van der Waals surface area contributed by atoms with Gasteiger partial charge >= 0.3 is 0 Å². The summed E-state index contributed by atoms with van der Waals surface area (Å²) in [5, 5.41) is 0. The molecular formula is C21H29NO3. The molecule has 2 aliphatic heterocycles. The zero-order valence-electron chi connectivity index (χ0n) is 14.9. The van der Waals surface area contributed by atoms with Crippen molar-refractivity contribution in [1.29, 1.82) is 0 Å². The Morgan fingerprint density at radius 1 is 1.08 bits per heavy atom. The van der Waals surface area contributed by atoms with Crippen LogP contribution in [0.25, 0.3) is 0 Å². The molecule has 2 saturated heterocycles. The predicted octanol–water partition coefficient (Wildman–Crippen LogP) is 3.05. The van der Waals surface area contributed by atoms with Gasteiger partial charge in [-0.3, -0.25) is 4.79 Å². The number of hydrogen-bond donors (Lipinski definition) is 0. The lowest BCUT2D eigenvalue weighted by Gasteiger charge is -2.32. The summed E-state index contributed by atoms with van der Waals surface area (Å²) >= 11 is 0. The maximum atomic E-state index is 13.1. The molecule has 0 N–H and O–H groups in total. The lowest BCUT2D eigenvalue weighted by Crippen LogP contribution is -2.45. The first-order valence-electron chi connectivity index (χ1n) is 9.85. The number of carbonyl (C=O) groups is 1. The lowest BCUT2D eigenvalue weighted by atomic mass is 9.96. The Bertz CT molecular complexity index is 566. The van der Waals surface area contributed by atoms with Crippen molar-refractivity contribution in [3.63, 3.8) is 0 Å². The van der Waals surface area contributed by atoms with Crippen molar-refractivity contribution in [2.75, 3.05) is 26.4 Å². The van der Waals surface area contributed by atoms with Crippen molar-refractivity contribution in [2.45, 2.75) is 50.7 Å². The molecule has 25 heavy (non-hydrogen) atoms. The molecule has 1 aromatic carbocycles. The predicted molar refractivity (Wildman–Crippen MR) is 96.3 cm³/mol. The molecule has 4 rings (SSSR count). The topological polar surface area (TPSA) is 38.8 Å². The van der Waals surface area contributed by atoms with Crippen LogP contribution in [0.1, 0.15) is 37.7 Å². The van der Waals surface area contributed by atoms with Crippen LogP contribution in [-0.4, -0.2) is 49.3 Å². The molecular weight excluding hydrogens is 314 g/mol. The summed E-state index contributed by atoms with van der Waals surface area (Å²) in [7, 11) is 0. The van der Waals surface area contributed by atoms with Crippen LogP contribution in [-0.2, 0) is 20.7 Å². The number of nitrogens with zero attached hydrogens (tertiary/aromatic N) is 1. The first-order valence-corrected chi connectivity index (χ1v) is 9.85. The van der Waals surface area contributed by atoms with Crippen molar-refractivity contribution < 1.29 is 14.3 Å². The molecule has 1 saturated carbocycles. The lowest BCUT2D eigenvalue weighted by molar-refractivity contribution is -0.140. The SMILES string of the molecule is O=C(C1CCOCC1)N1CC[C@@H](OCC2CC2)[C@@H]1Cc1ccccc1. The molecule has 3 aliphatic rings. The van der Waals surface area contributed by atoms with E-state index in [4.69, 9.17) is 9.47 Å². The summed E-state index contributed by atoms with van der Waals surface area (Å²) in [4.78, 5) is 15.2. The number of ether oxygens (including phenoxy) is 2. The van der Waals surface area contributed by atoms with Crippen LogP contribution < -0.4 is 0 Å². The Labute approximate surface area is 150 Å². The van der Waals surface area contributed by atoms with E-state index in [1.165, 1.54) is 18.4 Å². The molecule has 0 aromatic heterocycles. The van der Waals surface area contributed by atoms with Gasteiger partial charge in [-0.2, -0.15) is 0 Å². The third kappa shape index (κ3) is 4.24. The van der Waals surface area contributed by atoms with Gasteiger partial charge in [0.05, 0.1) is 12.1 Å². The van der Waals surface area contributed by atoms with Crippen molar-refractivity contribution in [3.05, 3.63) is 35.9 Å². The second kappa shape index (κ2) is 7.88. The van der Waals surface area contributed by atoms with Gasteiger partial charge in [0, 0.05) is 32.3 Å². The standard InChI is InChI=1S/C21H29NO3/c23-21(18-9-12-24-13-10-18)22-11-8-20(25-15-17-6-7-17)19(22)14-16-4-2-1-3-5-16/h1-5,17-20H,6-15H2/t19-,20+/m0/s1. The highest BCUT2D eigenvalue weighted by Gasteiger charge is 2.40. The van der Waals surface area contributed by atoms with Gasteiger partial charge in [-0.05, 0) is 50.0 Å². The zero-order valence-corrected chi connectivity index (χ0v) is 14.9. The molecule has 2 heterocycles. The maximum absolute atomic E-state index is 13.1. The quantitative estimate of drug-likeness (QED) is 0.797. The highest BCUT2D eigenvalue weighted by Crippen LogP contribution is 2.33. The summed E-state index contributed by atoms with van der Waals surface area (Å²) < 4.78 is 11.7. The summed E-state index contributed by atoms with van der Waals surface area (Å²) in [6.45, 7) is 3.14. The second-order valence-corrected chi connectivity index (χ2v) is 7.78. The first-order chi connectivity index (χ1) is 12.3. The van der Waals surface area contributed by atoms with Gasteiger partial charge in [-0.15, -0.1) is 0 Å². The summed E-state index contributed by atoms with van der Waals surface area (Å²) in [6, 6.07) is 10.7. The van der Waals surface area contributed by atoms with Crippen molar-refractivity contribution in [2.24, 2.45) is 11.8 Å².